The van der Waals surface area contributed by atoms with Gasteiger partial charge in [0, 0.05) is 42.1 Å². The Hall–Kier alpha value is -3.08. The number of hydrogen-bond acceptors (Lipinski definition) is 9. The molecule has 2 aliphatic heterocycles. The highest BCUT2D eigenvalue weighted by Crippen LogP contribution is 2.29. The van der Waals surface area contributed by atoms with Crippen molar-refractivity contribution in [2.75, 3.05) is 13.2 Å². The molecule has 2 aliphatic rings. The minimum absolute atomic E-state index is 0.00189. The van der Waals surface area contributed by atoms with Gasteiger partial charge in [-0.1, -0.05) is 13.8 Å². The van der Waals surface area contributed by atoms with Crippen LogP contribution in [-0.2, 0) is 24.0 Å². The molecular formula is C22H27N3O7S. The van der Waals surface area contributed by atoms with Crippen LogP contribution in [0.25, 0.3) is 0 Å². The Morgan fingerprint density at radius 3 is 2.64 bits per heavy atom. The van der Waals surface area contributed by atoms with Gasteiger partial charge in [-0.2, -0.15) is 17.7 Å². The molecule has 0 aromatic heterocycles. The Morgan fingerprint density at radius 1 is 1.21 bits per heavy atom. The van der Waals surface area contributed by atoms with E-state index in [0.29, 0.717) is 41.7 Å². The van der Waals surface area contributed by atoms with E-state index in [0.717, 1.165) is 5.56 Å². The summed E-state index contributed by atoms with van der Waals surface area (Å²) in [5.74, 6) is -0.758. The molecule has 0 radical (unpaired) electrons. The number of benzene rings is 1. The highest BCUT2D eigenvalue weighted by molar-refractivity contribution is 7.81. The molecule has 0 unspecified atom stereocenters. The van der Waals surface area contributed by atoms with E-state index in [1.165, 1.54) is 0 Å². The van der Waals surface area contributed by atoms with Gasteiger partial charge in [-0.25, -0.2) is 10.2 Å². The van der Waals surface area contributed by atoms with Crippen molar-refractivity contribution >= 4 is 42.0 Å². The fraction of sp³-hybridized carbons (Fsp3) is 0.500. The summed E-state index contributed by atoms with van der Waals surface area (Å²) in [5.41, 5.74) is 4.05. The van der Waals surface area contributed by atoms with Crippen LogP contribution in [0.15, 0.2) is 23.3 Å². The Labute approximate surface area is 197 Å². The van der Waals surface area contributed by atoms with Crippen molar-refractivity contribution in [3.8, 4) is 11.5 Å². The van der Waals surface area contributed by atoms with Crippen LogP contribution in [-0.4, -0.2) is 52.4 Å². The maximum atomic E-state index is 12.0. The van der Waals surface area contributed by atoms with Gasteiger partial charge in [0.15, 0.2) is 0 Å². The van der Waals surface area contributed by atoms with Crippen LogP contribution in [0.4, 0.5) is 0 Å². The van der Waals surface area contributed by atoms with Gasteiger partial charge in [-0.3, -0.25) is 14.4 Å². The Morgan fingerprint density at radius 2 is 1.94 bits per heavy atom. The van der Waals surface area contributed by atoms with Crippen LogP contribution in [0, 0.1) is 0 Å². The minimum Gasteiger partial charge on any atom is -0.493 e. The molecule has 0 saturated carbocycles. The third kappa shape index (κ3) is 7.21. The number of thiol groups is 1. The van der Waals surface area contributed by atoms with Crippen LogP contribution in [0.2, 0.25) is 0 Å². The van der Waals surface area contributed by atoms with Gasteiger partial charge in [0.1, 0.15) is 11.5 Å². The monoisotopic (exact) mass is 477 g/mol. The zero-order valence-corrected chi connectivity index (χ0v) is 19.5. The third-order valence-corrected chi connectivity index (χ3v) is 4.92. The summed E-state index contributed by atoms with van der Waals surface area (Å²) in [5, 5.41) is 4.78. The van der Waals surface area contributed by atoms with E-state index in [4.69, 9.17) is 14.3 Å². The van der Waals surface area contributed by atoms with E-state index in [1.807, 2.05) is 13.8 Å². The molecule has 33 heavy (non-hydrogen) atoms. The molecule has 0 spiro atoms. The SMILES string of the molecule is CC(C)(S)CC(=O)NN=C1CCOc2cc(OCCCC(=O)ON3C(=O)CCC3=O)ccc21. The smallest absolute Gasteiger partial charge is 0.333 e. The van der Waals surface area contributed by atoms with E-state index in [9.17, 15) is 19.2 Å². The van der Waals surface area contributed by atoms with Crippen molar-refractivity contribution in [2.24, 2.45) is 5.10 Å². The predicted octanol–water partition coefficient (Wildman–Crippen LogP) is 2.15. The minimum atomic E-state index is -0.667. The zero-order chi connectivity index (χ0) is 24.0. The lowest BCUT2D eigenvalue weighted by Gasteiger charge is -2.20. The van der Waals surface area contributed by atoms with E-state index < -0.39 is 22.5 Å². The van der Waals surface area contributed by atoms with Gasteiger partial charge in [0.05, 0.1) is 25.3 Å². The standard InChI is InChI=1S/C22H27N3O7S/c1-22(2,33)13-18(26)24-23-16-9-11-31-17-12-14(5-6-15(16)17)30-10-3-4-21(29)32-25-19(27)7-8-20(25)28/h5-6,12,33H,3-4,7-11,13H2,1-2H3,(H,24,26). The number of nitrogens with zero attached hydrogens (tertiary/aromatic N) is 2. The normalized spacial score (nSPS) is 16.9. The second-order valence-corrected chi connectivity index (χ2v) is 9.55. The third-order valence-electron chi connectivity index (χ3n) is 4.76. The topological polar surface area (TPSA) is 124 Å². The van der Waals surface area contributed by atoms with Gasteiger partial charge in [0.2, 0.25) is 5.91 Å². The zero-order valence-electron chi connectivity index (χ0n) is 18.6. The highest BCUT2D eigenvalue weighted by Gasteiger charge is 2.32. The molecule has 178 valence electrons. The van der Waals surface area contributed by atoms with E-state index in [2.05, 4.69) is 23.2 Å². The quantitative estimate of drug-likeness (QED) is 0.242. The lowest BCUT2D eigenvalue weighted by Crippen LogP contribution is -2.32. The number of imide groups is 1. The van der Waals surface area contributed by atoms with Crippen molar-refractivity contribution in [1.82, 2.24) is 10.5 Å². The summed E-state index contributed by atoms with van der Waals surface area (Å²) >= 11 is 4.35. The van der Waals surface area contributed by atoms with Gasteiger partial charge in [-0.05, 0) is 18.6 Å². The van der Waals surface area contributed by atoms with Crippen LogP contribution >= 0.6 is 12.6 Å². The maximum Gasteiger partial charge on any atom is 0.333 e. The number of carbonyl (C=O) groups excluding carboxylic acids is 4. The number of carbonyl (C=O) groups is 4. The summed E-state index contributed by atoms with van der Waals surface area (Å²) in [7, 11) is 0. The molecule has 3 amide bonds. The van der Waals surface area contributed by atoms with Crippen molar-refractivity contribution in [3.05, 3.63) is 23.8 Å². The lowest BCUT2D eigenvalue weighted by atomic mass is 10.0. The van der Waals surface area contributed by atoms with Crippen LogP contribution in [0.3, 0.4) is 0 Å². The van der Waals surface area contributed by atoms with Crippen LogP contribution in [0.1, 0.15) is 57.9 Å². The molecule has 0 bridgehead atoms. The van der Waals surface area contributed by atoms with Gasteiger partial charge in [-0.15, -0.1) is 5.06 Å². The number of nitrogens with one attached hydrogen (secondary N) is 1. The number of hydroxylamine groups is 2. The summed E-state index contributed by atoms with van der Waals surface area (Å²) in [6.07, 6.45) is 1.25. The molecule has 3 rings (SSSR count). The van der Waals surface area contributed by atoms with Gasteiger partial charge < -0.3 is 14.3 Å². The number of fused-ring (bicyclic) bond motifs is 1. The maximum absolute atomic E-state index is 12.0. The molecule has 10 nitrogen and oxygen atoms in total. The Bertz CT molecular complexity index is 955. The number of hydrogen-bond donors (Lipinski definition) is 2. The first-order valence-electron chi connectivity index (χ1n) is 10.7. The number of hydrazone groups is 1. The lowest BCUT2D eigenvalue weighted by molar-refractivity contribution is -0.197. The number of rotatable bonds is 9. The van der Waals surface area contributed by atoms with Crippen molar-refractivity contribution in [2.45, 2.75) is 57.1 Å². The summed E-state index contributed by atoms with van der Waals surface area (Å²) in [6, 6.07) is 5.28. The van der Waals surface area contributed by atoms with Gasteiger partial charge >= 0.3 is 5.97 Å². The van der Waals surface area contributed by atoms with Crippen molar-refractivity contribution in [1.29, 1.82) is 0 Å². The molecule has 1 aromatic carbocycles. The molecule has 11 heteroatoms. The molecule has 1 aromatic rings. The van der Waals surface area contributed by atoms with Crippen molar-refractivity contribution in [3.63, 3.8) is 0 Å². The predicted molar refractivity (Wildman–Crippen MR) is 121 cm³/mol. The Balaban J connectivity index is 1.48. The number of amides is 3. The first kappa shape index (κ1) is 24.6. The molecule has 1 N–H and O–H groups in total. The average molecular weight is 478 g/mol. The summed E-state index contributed by atoms with van der Waals surface area (Å²) in [4.78, 5) is 51.6. The fourth-order valence-corrected chi connectivity index (χ4v) is 3.38. The largest absolute Gasteiger partial charge is 0.493 e. The average Bonchev–Trinajstić information content (AvgIpc) is 3.06. The van der Waals surface area contributed by atoms with Crippen LogP contribution in [0.5, 0.6) is 11.5 Å². The first-order chi connectivity index (χ1) is 15.6. The second kappa shape index (κ2) is 10.7. The molecule has 0 atom stereocenters. The Kier molecular flexibility index (Phi) is 7.96. The molecular weight excluding hydrogens is 450 g/mol. The summed E-state index contributed by atoms with van der Waals surface area (Å²) in [6.45, 7) is 4.36. The van der Waals surface area contributed by atoms with E-state index in [-0.39, 0.29) is 38.2 Å². The first-order valence-corrected chi connectivity index (χ1v) is 11.1. The molecule has 1 fully saturated rings. The number of ether oxygens (including phenoxy) is 2. The fourth-order valence-electron chi connectivity index (χ4n) is 3.23. The molecule has 2 heterocycles. The summed E-state index contributed by atoms with van der Waals surface area (Å²) < 4.78 is 10.9. The van der Waals surface area contributed by atoms with Gasteiger partial charge in [0.25, 0.3) is 11.8 Å². The highest BCUT2D eigenvalue weighted by atomic mass is 32.1. The van der Waals surface area contributed by atoms with Crippen molar-refractivity contribution < 1.29 is 33.5 Å². The molecule has 1 saturated heterocycles. The van der Waals surface area contributed by atoms with E-state index in [1.54, 1.807) is 18.2 Å². The molecule has 0 aliphatic carbocycles. The second-order valence-electron chi connectivity index (χ2n) is 8.34. The van der Waals surface area contributed by atoms with Crippen LogP contribution < -0.4 is 14.9 Å². The van der Waals surface area contributed by atoms with E-state index >= 15 is 0 Å².